The Morgan fingerprint density at radius 3 is 2.02 bits per heavy atom. The van der Waals surface area contributed by atoms with E-state index >= 15 is 0 Å². The first-order valence-corrected chi connectivity index (χ1v) is 16.4. The summed E-state index contributed by atoms with van der Waals surface area (Å²) in [6, 6.07) is 7.94. The second-order valence-corrected chi connectivity index (χ2v) is 13.9. The Hall–Kier alpha value is -3.24. The Morgan fingerprint density at radius 1 is 0.844 bits per heavy atom. The van der Waals surface area contributed by atoms with E-state index < -0.39 is 11.9 Å². The second-order valence-electron chi connectivity index (χ2n) is 11.7. The number of carboxylic acid groups (broad SMARTS) is 2. The average molecular weight is 684 g/mol. The van der Waals surface area contributed by atoms with E-state index in [0.29, 0.717) is 29.3 Å². The van der Waals surface area contributed by atoms with Gasteiger partial charge in [0.1, 0.15) is 0 Å². The summed E-state index contributed by atoms with van der Waals surface area (Å²) in [4.78, 5) is 43.3. The van der Waals surface area contributed by atoms with Gasteiger partial charge >= 0.3 is 29.0 Å². The predicted molar refractivity (Wildman–Crippen MR) is 181 cm³/mol. The molecule has 6 rings (SSSR count). The zero-order chi connectivity index (χ0) is 31.4. The monoisotopic (exact) mass is 683 g/mol. The molecule has 8 bridgehead atoms. The number of thiol groups is 2. The Kier molecular flexibility index (Phi) is 9.47. The first kappa shape index (κ1) is 33.1. The number of fused-ring (bicyclic) bond motifs is 8. The van der Waals surface area contributed by atoms with E-state index in [1.165, 1.54) is 17.3 Å². The molecule has 0 saturated carbocycles. The maximum absolute atomic E-state index is 11.6. The first-order valence-electron chi connectivity index (χ1n) is 14.8. The minimum atomic E-state index is -0.884. The molecule has 3 aliphatic rings. The van der Waals surface area contributed by atoms with Crippen LogP contribution < -0.4 is 9.97 Å². The molecule has 2 atom stereocenters. The molecule has 1 saturated heterocycles. The quantitative estimate of drug-likeness (QED) is 0.112. The third kappa shape index (κ3) is 6.41. The fraction of sp³-hybridized carbons (Fsp3) is 0.353. The molecule has 2 N–H and O–H groups in total. The van der Waals surface area contributed by atoms with E-state index in [0.717, 1.165) is 78.4 Å². The van der Waals surface area contributed by atoms with E-state index in [2.05, 4.69) is 19.9 Å². The van der Waals surface area contributed by atoms with Gasteiger partial charge in [0.2, 0.25) is 0 Å². The Bertz CT molecular complexity index is 1970. The molecule has 3 aliphatic heterocycles. The second kappa shape index (κ2) is 12.9. The van der Waals surface area contributed by atoms with Crippen LogP contribution in [0.5, 0.6) is 0 Å². The van der Waals surface area contributed by atoms with Gasteiger partial charge in [-0.05, 0) is 81.5 Å². The minimum Gasteiger partial charge on any atom is -0.657 e. The summed E-state index contributed by atoms with van der Waals surface area (Å²) in [5.74, 6) is -0.666. The number of aryl methyl sites for hydroxylation is 3. The van der Waals surface area contributed by atoms with Gasteiger partial charge in [0.05, 0.1) is 22.8 Å². The van der Waals surface area contributed by atoms with E-state index in [4.69, 9.17) is 32.6 Å². The third-order valence-corrected chi connectivity index (χ3v) is 10.0. The number of rotatable bonds is 8. The Labute approximate surface area is 282 Å². The SMILES string of the molecule is CC1=C(CCC(=O)O)c2cc3[n-]c(cc4nc(cc5[n-]c(cc1n2)c(C)c5[C@H](C)S)C(C)=C4[C@H]1C[SH+]1)c(C)c3CCC(=O)O.[Fe+2]. The third-order valence-electron chi connectivity index (χ3n) is 8.77. The minimum absolute atomic E-state index is 0. The molecule has 11 heteroatoms. The molecule has 0 aliphatic carbocycles. The molecule has 234 valence electrons. The summed E-state index contributed by atoms with van der Waals surface area (Å²) in [5.41, 5.74) is 14.1. The van der Waals surface area contributed by atoms with Crippen LogP contribution in [-0.4, -0.2) is 43.1 Å². The number of carbonyl (C=O) groups is 2. The maximum Gasteiger partial charge on any atom is 2.00 e. The van der Waals surface area contributed by atoms with Crippen LogP contribution >= 0.6 is 12.6 Å². The van der Waals surface area contributed by atoms with Crippen molar-refractivity contribution in [1.29, 1.82) is 0 Å². The number of hydrogen-bond donors (Lipinski definition) is 3. The first-order chi connectivity index (χ1) is 20.9. The van der Waals surface area contributed by atoms with Gasteiger partial charge in [-0.2, -0.15) is 12.6 Å². The van der Waals surface area contributed by atoms with Crippen LogP contribution in [0.3, 0.4) is 0 Å². The van der Waals surface area contributed by atoms with E-state index in [-0.39, 0.29) is 35.2 Å². The van der Waals surface area contributed by atoms with Crippen molar-refractivity contribution in [1.82, 2.24) is 19.9 Å². The normalized spacial score (nSPS) is 16.5. The molecule has 45 heavy (non-hydrogen) atoms. The molecule has 3 aromatic rings. The van der Waals surface area contributed by atoms with Gasteiger partial charge in [-0.15, -0.1) is 22.1 Å². The largest absolute Gasteiger partial charge is 2.00 e. The van der Waals surface area contributed by atoms with Crippen LogP contribution in [-0.2, 0) is 44.8 Å². The number of allylic oxidation sites excluding steroid dienone is 3. The summed E-state index contributed by atoms with van der Waals surface area (Å²) < 4.78 is 0. The molecular formula is C34H35FeN4O4S2+. The van der Waals surface area contributed by atoms with Crippen molar-refractivity contribution >= 4 is 80.7 Å². The number of hydrogen-bond acceptors (Lipinski definition) is 5. The van der Waals surface area contributed by atoms with Gasteiger partial charge in [0.15, 0.2) is 11.0 Å². The number of nitrogens with zero attached hydrogens (tertiary/aromatic N) is 4. The molecule has 6 heterocycles. The van der Waals surface area contributed by atoms with Crippen LogP contribution in [0.15, 0.2) is 24.3 Å². The van der Waals surface area contributed by atoms with Crippen molar-refractivity contribution in [3.63, 3.8) is 0 Å². The average Bonchev–Trinajstić information content (AvgIpc) is 3.49. The Morgan fingerprint density at radius 2 is 1.38 bits per heavy atom. The zero-order valence-corrected chi connectivity index (χ0v) is 28.6. The topological polar surface area (TPSA) is 129 Å². The van der Waals surface area contributed by atoms with E-state index in [1.807, 2.05) is 39.0 Å². The van der Waals surface area contributed by atoms with E-state index in [1.54, 1.807) is 0 Å². The number of aliphatic carboxylic acids is 2. The van der Waals surface area contributed by atoms with Crippen LogP contribution in [0, 0.1) is 13.8 Å². The molecule has 0 spiro atoms. The van der Waals surface area contributed by atoms with Gasteiger partial charge < -0.3 is 20.2 Å². The maximum atomic E-state index is 11.6. The molecule has 0 amide bonds. The molecule has 0 radical (unpaired) electrons. The van der Waals surface area contributed by atoms with Crippen molar-refractivity contribution in [2.24, 2.45) is 0 Å². The molecule has 3 aromatic heterocycles. The molecule has 8 nitrogen and oxygen atoms in total. The molecule has 0 unspecified atom stereocenters. The van der Waals surface area contributed by atoms with Crippen molar-refractivity contribution in [2.45, 2.75) is 70.8 Å². The fourth-order valence-corrected chi connectivity index (χ4v) is 7.40. The number of carboxylic acids is 2. The van der Waals surface area contributed by atoms with Crippen LogP contribution in [0.1, 0.15) is 90.3 Å². The smallest absolute Gasteiger partial charge is 0.657 e. The predicted octanol–water partition coefficient (Wildman–Crippen LogP) is 6.12. The van der Waals surface area contributed by atoms with Crippen LogP contribution in [0.4, 0.5) is 0 Å². The molecular weight excluding hydrogens is 648 g/mol. The van der Waals surface area contributed by atoms with Gasteiger partial charge in [-0.25, -0.2) is 9.97 Å². The molecule has 0 aromatic carbocycles. The van der Waals surface area contributed by atoms with Gasteiger partial charge in [0, 0.05) is 23.7 Å². The fourth-order valence-electron chi connectivity index (χ4n) is 6.28. The van der Waals surface area contributed by atoms with Crippen LogP contribution in [0.2, 0.25) is 0 Å². The Balaban J connectivity index is 0.00000400. The summed E-state index contributed by atoms with van der Waals surface area (Å²) in [5, 5.41) is 19.4. The van der Waals surface area contributed by atoms with Crippen LogP contribution in [0.25, 0.3) is 44.4 Å². The van der Waals surface area contributed by atoms with Crippen molar-refractivity contribution in [2.75, 3.05) is 5.75 Å². The number of aromatic nitrogens is 4. The zero-order valence-electron chi connectivity index (χ0n) is 25.7. The summed E-state index contributed by atoms with van der Waals surface area (Å²) in [6.45, 7) is 10.2. The summed E-state index contributed by atoms with van der Waals surface area (Å²) >= 11 is 6.19. The van der Waals surface area contributed by atoms with E-state index in [9.17, 15) is 19.8 Å². The summed E-state index contributed by atoms with van der Waals surface area (Å²) in [7, 11) is 0. The summed E-state index contributed by atoms with van der Waals surface area (Å²) in [6.07, 6.45) is 0.569. The molecule has 1 fully saturated rings. The van der Waals surface area contributed by atoms with Crippen molar-refractivity contribution in [3.8, 4) is 0 Å². The standard InChI is InChI=1S/C34H36N4O4S2.Fe/c1-15-20(6-8-31(39)40)26-13-27-21(7-9-32(41)42)16(2)23(36-27)11-29-34(30-14-44-30)18(4)25(38-29)12-28-33(19(5)43)17(3)24(37-28)10-22(15)35-26;/h10-13,19,30H,6-9,14H2,1-5H3,(H5,35,36,37,38,39,40,41,42,43);/q;+2/p-1/t19-,30+;/m0./s1. The van der Waals surface area contributed by atoms with Gasteiger partial charge in [-0.3, -0.25) is 9.59 Å². The van der Waals surface area contributed by atoms with Gasteiger partial charge in [0.25, 0.3) is 0 Å². The van der Waals surface area contributed by atoms with Crippen molar-refractivity contribution in [3.05, 3.63) is 69.3 Å². The van der Waals surface area contributed by atoms with Crippen molar-refractivity contribution < 1.29 is 36.9 Å². The van der Waals surface area contributed by atoms with Gasteiger partial charge in [-0.1, -0.05) is 41.0 Å².